The van der Waals surface area contributed by atoms with E-state index in [1.807, 2.05) is 0 Å². The van der Waals surface area contributed by atoms with Crippen LogP contribution in [0, 0.1) is 0 Å². The molecule has 0 saturated carbocycles. The van der Waals surface area contributed by atoms with Gasteiger partial charge in [-0.05, 0) is 0 Å². The van der Waals surface area contributed by atoms with Crippen molar-refractivity contribution in [3.05, 3.63) is 21.0 Å². The molecule has 0 aromatic carbocycles. The Balaban J connectivity index is 3.60. The number of nitrogens with zero attached hydrogens (tertiary/aromatic N) is 4. The molecule has 1 heterocycles. The highest BCUT2D eigenvalue weighted by Crippen LogP contribution is 1.96. The summed E-state index contributed by atoms with van der Waals surface area (Å²) in [6.45, 7) is 0. The van der Waals surface area contributed by atoms with Crippen LogP contribution < -0.4 is 16.3 Å². The third-order valence-corrected chi connectivity index (χ3v) is 1.76. The van der Waals surface area contributed by atoms with E-state index >= 15 is 0 Å². The number of aromatic nitrogens is 3. The topological polar surface area (TPSA) is 60.1 Å². The molecule has 1 aromatic heterocycles. The van der Waals surface area contributed by atoms with Crippen molar-refractivity contribution in [3.8, 4) is 0 Å². The minimum absolute atomic E-state index is 0.355. The molecule has 0 fully saturated rings. The molecule has 0 amide bonds. The van der Waals surface area contributed by atoms with E-state index in [1.54, 1.807) is 26.0 Å². The quantitative estimate of drug-likeness (QED) is 0.535. The van der Waals surface area contributed by atoms with Gasteiger partial charge in [-0.1, -0.05) is 0 Å². The first-order valence-electron chi connectivity index (χ1n) is 3.76. The first-order valence-corrected chi connectivity index (χ1v) is 3.76. The second-order valence-electron chi connectivity index (χ2n) is 2.99. The van der Waals surface area contributed by atoms with Gasteiger partial charge in [0.2, 0.25) is 5.95 Å². The van der Waals surface area contributed by atoms with Gasteiger partial charge in [0.15, 0.2) is 0 Å². The van der Waals surface area contributed by atoms with Crippen molar-refractivity contribution in [2.24, 2.45) is 14.1 Å². The zero-order valence-corrected chi connectivity index (χ0v) is 8.11. The molecule has 0 aliphatic carbocycles. The van der Waals surface area contributed by atoms with Gasteiger partial charge >= 0.3 is 11.4 Å². The average molecular weight is 184 g/mol. The molecule has 1 rings (SSSR count). The standard InChI is InChI=1S/C7H12N4O2/c1-9(2)5-8-6(12)11(4)7(13)10(5)3/h1-4H3. The van der Waals surface area contributed by atoms with Crippen molar-refractivity contribution in [2.75, 3.05) is 19.0 Å². The van der Waals surface area contributed by atoms with E-state index in [0.29, 0.717) is 5.95 Å². The molecular formula is C7H12N4O2. The van der Waals surface area contributed by atoms with Crippen LogP contribution in [0.1, 0.15) is 0 Å². The van der Waals surface area contributed by atoms with Crippen LogP contribution in [0.2, 0.25) is 0 Å². The third-order valence-electron chi connectivity index (χ3n) is 1.76. The molecule has 0 aliphatic heterocycles. The molecule has 0 bridgehead atoms. The van der Waals surface area contributed by atoms with Gasteiger partial charge in [-0.3, -0.25) is 4.57 Å². The maximum atomic E-state index is 11.4. The van der Waals surface area contributed by atoms with Gasteiger partial charge in [0.25, 0.3) is 0 Å². The Bertz CT molecular complexity index is 429. The van der Waals surface area contributed by atoms with Gasteiger partial charge in [-0.2, -0.15) is 4.98 Å². The summed E-state index contributed by atoms with van der Waals surface area (Å²) >= 11 is 0. The summed E-state index contributed by atoms with van der Waals surface area (Å²) in [6.07, 6.45) is 0. The Labute approximate surface area is 75.1 Å². The fourth-order valence-corrected chi connectivity index (χ4v) is 1.03. The highest BCUT2D eigenvalue weighted by Gasteiger charge is 2.07. The minimum Gasteiger partial charge on any atom is -0.348 e. The first kappa shape index (κ1) is 9.50. The van der Waals surface area contributed by atoms with E-state index < -0.39 is 5.69 Å². The first-order chi connectivity index (χ1) is 5.95. The lowest BCUT2D eigenvalue weighted by molar-refractivity contribution is 0.640. The summed E-state index contributed by atoms with van der Waals surface area (Å²) in [4.78, 5) is 27.8. The molecule has 13 heavy (non-hydrogen) atoms. The van der Waals surface area contributed by atoms with Gasteiger partial charge in [0.05, 0.1) is 0 Å². The fourth-order valence-electron chi connectivity index (χ4n) is 1.03. The van der Waals surface area contributed by atoms with Crippen LogP contribution in [0.15, 0.2) is 9.59 Å². The Morgan fingerprint density at radius 2 is 1.69 bits per heavy atom. The second-order valence-corrected chi connectivity index (χ2v) is 2.99. The Morgan fingerprint density at radius 1 is 1.15 bits per heavy atom. The van der Waals surface area contributed by atoms with Crippen LogP contribution in [0.25, 0.3) is 0 Å². The molecule has 1 aromatic rings. The number of rotatable bonds is 1. The molecular weight excluding hydrogens is 172 g/mol. The largest absolute Gasteiger partial charge is 0.354 e. The predicted octanol–water partition coefficient (Wildman–Crippen LogP) is -1.45. The number of anilines is 1. The number of hydrogen-bond acceptors (Lipinski definition) is 4. The van der Waals surface area contributed by atoms with Crippen molar-refractivity contribution < 1.29 is 0 Å². The van der Waals surface area contributed by atoms with E-state index in [0.717, 1.165) is 4.57 Å². The van der Waals surface area contributed by atoms with Crippen LogP contribution in [-0.2, 0) is 14.1 Å². The highest BCUT2D eigenvalue weighted by atomic mass is 16.2. The molecule has 0 unspecified atom stereocenters. The Hall–Kier alpha value is -1.59. The summed E-state index contributed by atoms with van der Waals surface area (Å²) in [6, 6.07) is 0. The SMILES string of the molecule is CN(C)c1nc(=O)n(C)c(=O)n1C. The Morgan fingerprint density at radius 3 is 2.15 bits per heavy atom. The molecule has 72 valence electrons. The summed E-state index contributed by atoms with van der Waals surface area (Å²) in [5, 5.41) is 0. The highest BCUT2D eigenvalue weighted by molar-refractivity contribution is 5.25. The molecule has 0 spiro atoms. The lowest BCUT2D eigenvalue weighted by Gasteiger charge is -2.14. The van der Waals surface area contributed by atoms with Crippen LogP contribution in [-0.4, -0.2) is 28.2 Å². The summed E-state index contributed by atoms with van der Waals surface area (Å²) in [7, 11) is 6.42. The van der Waals surface area contributed by atoms with E-state index in [4.69, 9.17) is 0 Å². The summed E-state index contributed by atoms with van der Waals surface area (Å²) in [5.41, 5.74) is -0.907. The van der Waals surface area contributed by atoms with E-state index in [9.17, 15) is 9.59 Å². The molecule has 6 nitrogen and oxygen atoms in total. The predicted molar refractivity (Wildman–Crippen MR) is 49.0 cm³/mol. The average Bonchev–Trinajstić information content (AvgIpc) is 2.07. The smallest absolute Gasteiger partial charge is 0.348 e. The molecule has 0 radical (unpaired) electrons. The van der Waals surface area contributed by atoms with E-state index in [-0.39, 0.29) is 5.69 Å². The zero-order valence-electron chi connectivity index (χ0n) is 8.11. The maximum Gasteiger partial charge on any atom is 0.354 e. The van der Waals surface area contributed by atoms with Crippen LogP contribution in [0.3, 0.4) is 0 Å². The van der Waals surface area contributed by atoms with Gasteiger partial charge in [-0.25, -0.2) is 14.2 Å². The molecule has 0 atom stereocenters. The van der Waals surface area contributed by atoms with Crippen molar-refractivity contribution >= 4 is 5.95 Å². The van der Waals surface area contributed by atoms with Crippen LogP contribution >= 0.6 is 0 Å². The van der Waals surface area contributed by atoms with Crippen LogP contribution in [0.4, 0.5) is 5.95 Å². The zero-order chi connectivity index (χ0) is 10.2. The van der Waals surface area contributed by atoms with Gasteiger partial charge in [-0.15, -0.1) is 0 Å². The monoisotopic (exact) mass is 184 g/mol. The number of hydrogen-bond donors (Lipinski definition) is 0. The van der Waals surface area contributed by atoms with Gasteiger partial charge in [0, 0.05) is 28.2 Å². The lowest BCUT2D eigenvalue weighted by atomic mass is 10.7. The molecule has 0 saturated heterocycles. The van der Waals surface area contributed by atoms with Crippen molar-refractivity contribution in [3.63, 3.8) is 0 Å². The maximum absolute atomic E-state index is 11.4. The summed E-state index contributed by atoms with van der Waals surface area (Å²) < 4.78 is 2.29. The third kappa shape index (κ3) is 1.47. The van der Waals surface area contributed by atoms with Gasteiger partial charge < -0.3 is 4.90 Å². The normalized spacial score (nSPS) is 10.2. The lowest BCUT2D eigenvalue weighted by Crippen LogP contribution is -2.41. The van der Waals surface area contributed by atoms with E-state index in [1.165, 1.54) is 11.6 Å². The second kappa shape index (κ2) is 3.04. The van der Waals surface area contributed by atoms with Crippen molar-refractivity contribution in [2.45, 2.75) is 0 Å². The summed E-state index contributed by atoms with van der Waals surface area (Å²) in [5.74, 6) is 0.355. The van der Waals surface area contributed by atoms with E-state index in [2.05, 4.69) is 4.98 Å². The Kier molecular flexibility index (Phi) is 2.22. The molecule has 0 N–H and O–H groups in total. The van der Waals surface area contributed by atoms with Crippen molar-refractivity contribution in [1.29, 1.82) is 0 Å². The van der Waals surface area contributed by atoms with Crippen LogP contribution in [0.5, 0.6) is 0 Å². The van der Waals surface area contributed by atoms with Gasteiger partial charge in [0.1, 0.15) is 0 Å². The minimum atomic E-state index is -0.535. The molecule has 0 aliphatic rings. The molecule has 6 heteroatoms. The van der Waals surface area contributed by atoms with Crippen molar-refractivity contribution in [1.82, 2.24) is 14.1 Å². The fraction of sp³-hybridized carbons (Fsp3) is 0.571.